The first kappa shape index (κ1) is 15.0. The first-order valence-corrected chi connectivity index (χ1v) is 8.64. The highest BCUT2D eigenvalue weighted by Crippen LogP contribution is 2.23. The minimum absolute atomic E-state index is 0.0172. The number of thioether (sulfide) groups is 1. The number of hydrogen-bond acceptors (Lipinski definition) is 4. The lowest BCUT2D eigenvalue weighted by molar-refractivity contribution is 0.784. The van der Waals surface area contributed by atoms with Crippen LogP contribution in [0, 0.1) is 6.92 Å². The minimum atomic E-state index is -0.0172. The van der Waals surface area contributed by atoms with E-state index in [9.17, 15) is 4.79 Å². The molecule has 0 bridgehead atoms. The fourth-order valence-electron chi connectivity index (χ4n) is 2.69. The SMILES string of the molecule is Cc1ccc2nc(SCc3nc4ccccc4c(=O)n3C)[nH]c2c1. The number of imidazole rings is 1. The van der Waals surface area contributed by atoms with Crippen molar-refractivity contribution in [1.29, 1.82) is 0 Å². The molecule has 2 heterocycles. The van der Waals surface area contributed by atoms with Crippen LogP contribution in [0.3, 0.4) is 0 Å². The van der Waals surface area contributed by atoms with E-state index in [-0.39, 0.29) is 5.56 Å². The van der Waals surface area contributed by atoms with Gasteiger partial charge in [0.15, 0.2) is 5.16 Å². The Morgan fingerprint density at radius 2 is 1.96 bits per heavy atom. The maximum absolute atomic E-state index is 12.4. The van der Waals surface area contributed by atoms with Crippen LogP contribution in [0.25, 0.3) is 21.9 Å². The summed E-state index contributed by atoms with van der Waals surface area (Å²) in [6, 6.07) is 13.6. The van der Waals surface area contributed by atoms with Gasteiger partial charge in [0.2, 0.25) is 0 Å². The summed E-state index contributed by atoms with van der Waals surface area (Å²) < 4.78 is 1.61. The molecule has 24 heavy (non-hydrogen) atoms. The summed E-state index contributed by atoms with van der Waals surface area (Å²) >= 11 is 1.55. The highest BCUT2D eigenvalue weighted by atomic mass is 32.2. The van der Waals surface area contributed by atoms with Crippen molar-refractivity contribution in [2.75, 3.05) is 0 Å². The normalized spacial score (nSPS) is 11.4. The van der Waals surface area contributed by atoms with Gasteiger partial charge in [-0.3, -0.25) is 9.36 Å². The molecule has 0 fully saturated rings. The number of H-pyrrole nitrogens is 1. The number of aryl methyl sites for hydroxylation is 1. The molecule has 0 aliphatic heterocycles. The number of nitrogens with zero attached hydrogens (tertiary/aromatic N) is 3. The molecule has 0 saturated carbocycles. The quantitative estimate of drug-likeness (QED) is 0.582. The number of nitrogens with one attached hydrogen (secondary N) is 1. The Kier molecular flexibility index (Phi) is 3.61. The molecule has 0 radical (unpaired) electrons. The second-order valence-electron chi connectivity index (χ2n) is 5.76. The van der Waals surface area contributed by atoms with Gasteiger partial charge in [0.1, 0.15) is 5.82 Å². The van der Waals surface area contributed by atoms with Crippen LogP contribution in [0.2, 0.25) is 0 Å². The van der Waals surface area contributed by atoms with Crippen molar-refractivity contribution in [2.45, 2.75) is 17.8 Å². The molecule has 5 nitrogen and oxygen atoms in total. The molecule has 0 atom stereocenters. The van der Waals surface area contributed by atoms with E-state index < -0.39 is 0 Å². The van der Waals surface area contributed by atoms with Crippen LogP contribution in [0.5, 0.6) is 0 Å². The Balaban J connectivity index is 1.66. The maximum Gasteiger partial charge on any atom is 0.261 e. The van der Waals surface area contributed by atoms with Crippen LogP contribution in [-0.2, 0) is 12.8 Å². The van der Waals surface area contributed by atoms with Crippen LogP contribution in [-0.4, -0.2) is 19.5 Å². The molecule has 0 aliphatic rings. The molecule has 120 valence electrons. The van der Waals surface area contributed by atoms with Gasteiger partial charge in [-0.05, 0) is 36.8 Å². The molecule has 1 N–H and O–H groups in total. The number of hydrogen-bond donors (Lipinski definition) is 1. The number of para-hydroxylation sites is 1. The second kappa shape index (κ2) is 5.79. The Morgan fingerprint density at radius 1 is 1.12 bits per heavy atom. The van der Waals surface area contributed by atoms with Gasteiger partial charge in [-0.25, -0.2) is 9.97 Å². The fourth-order valence-corrected chi connectivity index (χ4v) is 3.56. The highest BCUT2D eigenvalue weighted by Gasteiger charge is 2.10. The van der Waals surface area contributed by atoms with Crippen molar-refractivity contribution in [2.24, 2.45) is 7.05 Å². The first-order valence-electron chi connectivity index (χ1n) is 7.65. The van der Waals surface area contributed by atoms with Crippen LogP contribution in [0.1, 0.15) is 11.4 Å². The molecule has 6 heteroatoms. The molecule has 4 aromatic rings. The van der Waals surface area contributed by atoms with Crippen molar-refractivity contribution in [3.05, 3.63) is 64.2 Å². The van der Waals surface area contributed by atoms with Crippen molar-refractivity contribution >= 4 is 33.7 Å². The number of aromatic nitrogens is 4. The lowest BCUT2D eigenvalue weighted by Crippen LogP contribution is -2.21. The molecule has 0 amide bonds. The summed E-state index contributed by atoms with van der Waals surface area (Å²) in [6.07, 6.45) is 0. The van der Waals surface area contributed by atoms with E-state index >= 15 is 0 Å². The minimum Gasteiger partial charge on any atom is -0.333 e. The molecular weight excluding hydrogens is 320 g/mol. The van der Waals surface area contributed by atoms with Gasteiger partial charge >= 0.3 is 0 Å². The van der Waals surface area contributed by atoms with Crippen LogP contribution < -0.4 is 5.56 Å². The smallest absolute Gasteiger partial charge is 0.261 e. The van der Waals surface area contributed by atoms with Crippen LogP contribution >= 0.6 is 11.8 Å². The van der Waals surface area contributed by atoms with Gasteiger partial charge in [-0.2, -0.15) is 0 Å². The average Bonchev–Trinajstić information content (AvgIpc) is 2.99. The van der Waals surface area contributed by atoms with Crippen molar-refractivity contribution < 1.29 is 0 Å². The van der Waals surface area contributed by atoms with Gasteiger partial charge < -0.3 is 4.98 Å². The number of aromatic amines is 1. The van der Waals surface area contributed by atoms with Crippen LogP contribution in [0.4, 0.5) is 0 Å². The molecule has 0 unspecified atom stereocenters. The van der Waals surface area contributed by atoms with Crippen molar-refractivity contribution in [3.63, 3.8) is 0 Å². The fraction of sp³-hybridized carbons (Fsp3) is 0.167. The first-order chi connectivity index (χ1) is 11.6. The molecule has 2 aromatic heterocycles. The lowest BCUT2D eigenvalue weighted by atomic mass is 10.2. The summed E-state index contributed by atoms with van der Waals surface area (Å²) in [4.78, 5) is 24.9. The zero-order valence-corrected chi connectivity index (χ0v) is 14.2. The molecule has 4 rings (SSSR count). The number of fused-ring (bicyclic) bond motifs is 2. The Morgan fingerprint density at radius 3 is 2.83 bits per heavy atom. The maximum atomic E-state index is 12.4. The zero-order valence-electron chi connectivity index (χ0n) is 13.4. The Hall–Kier alpha value is -2.60. The highest BCUT2D eigenvalue weighted by molar-refractivity contribution is 7.98. The van der Waals surface area contributed by atoms with E-state index in [1.807, 2.05) is 36.4 Å². The van der Waals surface area contributed by atoms with E-state index in [0.717, 1.165) is 27.5 Å². The topological polar surface area (TPSA) is 63.6 Å². The molecule has 0 saturated heterocycles. The Bertz CT molecular complexity index is 1110. The van der Waals surface area contributed by atoms with Crippen LogP contribution in [0.15, 0.2) is 52.4 Å². The number of benzene rings is 2. The Labute approximate surface area is 142 Å². The summed E-state index contributed by atoms with van der Waals surface area (Å²) in [5.74, 6) is 1.32. The van der Waals surface area contributed by atoms with Gasteiger partial charge in [-0.15, -0.1) is 0 Å². The summed E-state index contributed by atoms with van der Waals surface area (Å²) in [6.45, 7) is 2.06. The standard InChI is InChI=1S/C18H16N4OS/c1-11-7-8-14-15(9-11)21-18(20-14)24-10-16-19-13-6-4-3-5-12(13)17(23)22(16)2/h3-9H,10H2,1-2H3,(H,20,21). The van der Waals surface area contributed by atoms with E-state index in [0.29, 0.717) is 11.1 Å². The molecular formula is C18H16N4OS. The summed E-state index contributed by atoms with van der Waals surface area (Å²) in [5.41, 5.74) is 3.88. The second-order valence-corrected chi connectivity index (χ2v) is 6.72. The van der Waals surface area contributed by atoms with Gasteiger partial charge in [0, 0.05) is 7.05 Å². The van der Waals surface area contributed by atoms with Gasteiger partial charge in [0.05, 0.1) is 27.7 Å². The monoisotopic (exact) mass is 336 g/mol. The van der Waals surface area contributed by atoms with Gasteiger partial charge in [-0.1, -0.05) is 30.0 Å². The summed E-state index contributed by atoms with van der Waals surface area (Å²) in [7, 11) is 1.76. The van der Waals surface area contributed by atoms with Crippen molar-refractivity contribution in [3.8, 4) is 0 Å². The average molecular weight is 336 g/mol. The van der Waals surface area contributed by atoms with E-state index in [4.69, 9.17) is 0 Å². The predicted octanol–water partition coefficient (Wildman–Crippen LogP) is 3.41. The molecule has 2 aromatic carbocycles. The van der Waals surface area contributed by atoms with E-state index in [2.05, 4.69) is 27.9 Å². The number of rotatable bonds is 3. The van der Waals surface area contributed by atoms with E-state index in [1.165, 1.54) is 5.56 Å². The third kappa shape index (κ3) is 2.59. The van der Waals surface area contributed by atoms with Gasteiger partial charge in [0.25, 0.3) is 5.56 Å². The molecule has 0 aliphatic carbocycles. The summed E-state index contributed by atoms with van der Waals surface area (Å²) in [5, 5.41) is 1.48. The van der Waals surface area contributed by atoms with E-state index in [1.54, 1.807) is 23.4 Å². The lowest BCUT2D eigenvalue weighted by Gasteiger charge is -2.08. The predicted molar refractivity (Wildman–Crippen MR) is 97.4 cm³/mol. The third-order valence-corrected chi connectivity index (χ3v) is 4.90. The largest absolute Gasteiger partial charge is 0.333 e. The zero-order chi connectivity index (χ0) is 16.7. The third-order valence-electron chi connectivity index (χ3n) is 4.03. The van der Waals surface area contributed by atoms with Crippen molar-refractivity contribution in [1.82, 2.24) is 19.5 Å². The molecule has 0 spiro atoms.